The average molecular weight is 294 g/mol. The molecule has 0 fully saturated rings. The Kier molecular flexibility index (Phi) is 6.02. The summed E-state index contributed by atoms with van der Waals surface area (Å²) >= 11 is 0. The van der Waals surface area contributed by atoms with Crippen LogP contribution in [0.1, 0.15) is 20.8 Å². The number of hydrogen-bond donors (Lipinski definition) is 2. The highest BCUT2D eigenvalue weighted by atomic mass is 16.4. The SMILES string of the molecule is CCN(CC(C)C(=O)O)C(=O)N(CC)c1cccc(O)c1. The van der Waals surface area contributed by atoms with Crippen molar-refractivity contribution >= 4 is 17.7 Å². The van der Waals surface area contributed by atoms with Gasteiger partial charge in [-0.2, -0.15) is 0 Å². The predicted molar refractivity (Wildman–Crippen MR) is 80.6 cm³/mol. The summed E-state index contributed by atoms with van der Waals surface area (Å²) in [5.41, 5.74) is 0.587. The number of nitrogens with zero attached hydrogens (tertiary/aromatic N) is 2. The van der Waals surface area contributed by atoms with Crippen LogP contribution >= 0.6 is 0 Å². The number of rotatable bonds is 6. The summed E-state index contributed by atoms with van der Waals surface area (Å²) in [5, 5.41) is 18.5. The van der Waals surface area contributed by atoms with Crippen LogP contribution in [-0.4, -0.2) is 46.7 Å². The molecule has 0 aliphatic heterocycles. The van der Waals surface area contributed by atoms with Gasteiger partial charge in [0, 0.05) is 31.4 Å². The number of carboxylic acids is 1. The summed E-state index contributed by atoms with van der Waals surface area (Å²) in [5.74, 6) is -1.47. The molecule has 0 aliphatic carbocycles. The molecule has 1 rings (SSSR count). The first-order valence-electron chi connectivity index (χ1n) is 6.98. The molecule has 0 aromatic heterocycles. The monoisotopic (exact) mass is 294 g/mol. The van der Waals surface area contributed by atoms with Gasteiger partial charge in [-0.15, -0.1) is 0 Å². The maximum Gasteiger partial charge on any atom is 0.324 e. The molecule has 116 valence electrons. The van der Waals surface area contributed by atoms with Gasteiger partial charge < -0.3 is 15.1 Å². The summed E-state index contributed by atoms with van der Waals surface area (Å²) in [4.78, 5) is 26.5. The molecule has 0 radical (unpaired) electrons. The number of urea groups is 1. The third-order valence-corrected chi connectivity index (χ3v) is 3.26. The molecule has 1 unspecified atom stereocenters. The highest BCUT2D eigenvalue weighted by Gasteiger charge is 2.24. The Morgan fingerprint density at radius 1 is 1.24 bits per heavy atom. The minimum absolute atomic E-state index is 0.0840. The van der Waals surface area contributed by atoms with E-state index < -0.39 is 11.9 Å². The highest BCUT2D eigenvalue weighted by molar-refractivity contribution is 5.92. The Balaban J connectivity index is 2.92. The van der Waals surface area contributed by atoms with E-state index in [9.17, 15) is 14.7 Å². The second-order valence-electron chi connectivity index (χ2n) is 4.82. The van der Waals surface area contributed by atoms with E-state index >= 15 is 0 Å². The van der Waals surface area contributed by atoms with Crippen molar-refractivity contribution in [1.82, 2.24) is 4.90 Å². The molecule has 0 saturated carbocycles. The first-order valence-corrected chi connectivity index (χ1v) is 6.98. The number of phenols is 1. The van der Waals surface area contributed by atoms with Gasteiger partial charge in [0.05, 0.1) is 5.92 Å². The van der Waals surface area contributed by atoms with Crippen LogP contribution in [0.4, 0.5) is 10.5 Å². The van der Waals surface area contributed by atoms with Gasteiger partial charge in [-0.3, -0.25) is 9.69 Å². The van der Waals surface area contributed by atoms with Crippen molar-refractivity contribution in [2.75, 3.05) is 24.5 Å². The Morgan fingerprint density at radius 2 is 1.90 bits per heavy atom. The predicted octanol–water partition coefficient (Wildman–Crippen LogP) is 2.38. The summed E-state index contributed by atoms with van der Waals surface area (Å²) in [7, 11) is 0. The number of carboxylic acid groups (broad SMARTS) is 1. The van der Waals surface area contributed by atoms with Gasteiger partial charge in [0.25, 0.3) is 0 Å². The Hall–Kier alpha value is -2.24. The number of aliphatic carboxylic acids is 1. The maximum absolute atomic E-state index is 12.6. The van der Waals surface area contributed by atoms with Crippen molar-refractivity contribution in [3.8, 4) is 5.75 Å². The van der Waals surface area contributed by atoms with Crippen LogP contribution in [0.15, 0.2) is 24.3 Å². The molecular weight excluding hydrogens is 272 g/mol. The molecule has 1 aromatic carbocycles. The molecule has 1 atom stereocenters. The van der Waals surface area contributed by atoms with Crippen molar-refractivity contribution < 1.29 is 19.8 Å². The topological polar surface area (TPSA) is 81.1 Å². The first kappa shape index (κ1) is 16.8. The van der Waals surface area contributed by atoms with E-state index in [1.165, 1.54) is 21.9 Å². The van der Waals surface area contributed by atoms with E-state index in [0.29, 0.717) is 18.8 Å². The van der Waals surface area contributed by atoms with Crippen LogP contribution in [0.2, 0.25) is 0 Å². The first-order chi connectivity index (χ1) is 9.90. The van der Waals surface area contributed by atoms with Crippen molar-refractivity contribution in [3.63, 3.8) is 0 Å². The summed E-state index contributed by atoms with van der Waals surface area (Å²) in [6, 6.07) is 6.17. The average Bonchev–Trinajstić information content (AvgIpc) is 2.45. The van der Waals surface area contributed by atoms with E-state index in [-0.39, 0.29) is 18.3 Å². The molecule has 2 amide bonds. The molecule has 21 heavy (non-hydrogen) atoms. The zero-order valence-corrected chi connectivity index (χ0v) is 12.6. The second-order valence-corrected chi connectivity index (χ2v) is 4.82. The Morgan fingerprint density at radius 3 is 2.38 bits per heavy atom. The van der Waals surface area contributed by atoms with Gasteiger partial charge in [0.2, 0.25) is 0 Å². The quantitative estimate of drug-likeness (QED) is 0.844. The zero-order valence-electron chi connectivity index (χ0n) is 12.6. The molecule has 1 aromatic rings. The normalized spacial score (nSPS) is 11.8. The number of benzene rings is 1. The van der Waals surface area contributed by atoms with Gasteiger partial charge in [0.1, 0.15) is 5.75 Å². The molecule has 0 saturated heterocycles. The van der Waals surface area contributed by atoms with Gasteiger partial charge in [-0.25, -0.2) is 4.79 Å². The lowest BCUT2D eigenvalue weighted by molar-refractivity contribution is -0.141. The number of hydrogen-bond acceptors (Lipinski definition) is 3. The van der Waals surface area contributed by atoms with Gasteiger partial charge in [-0.05, 0) is 26.0 Å². The molecule has 0 aliphatic rings. The van der Waals surface area contributed by atoms with Crippen LogP contribution in [-0.2, 0) is 4.79 Å². The Labute approximate surface area is 124 Å². The van der Waals surface area contributed by atoms with E-state index in [2.05, 4.69) is 0 Å². The summed E-state index contributed by atoms with van der Waals surface area (Å²) in [6.07, 6.45) is 0. The van der Waals surface area contributed by atoms with Crippen LogP contribution in [0.5, 0.6) is 5.75 Å². The smallest absolute Gasteiger partial charge is 0.324 e. The van der Waals surface area contributed by atoms with Gasteiger partial charge in [-0.1, -0.05) is 13.0 Å². The number of aromatic hydroxyl groups is 1. The van der Waals surface area contributed by atoms with Crippen LogP contribution < -0.4 is 4.90 Å². The molecular formula is C15H22N2O4. The minimum Gasteiger partial charge on any atom is -0.508 e. The van der Waals surface area contributed by atoms with E-state index in [4.69, 9.17) is 5.11 Å². The minimum atomic E-state index is -0.929. The molecule has 6 heteroatoms. The van der Waals surface area contributed by atoms with E-state index in [1.54, 1.807) is 19.1 Å². The fourth-order valence-electron chi connectivity index (χ4n) is 2.01. The van der Waals surface area contributed by atoms with E-state index in [0.717, 1.165) is 0 Å². The van der Waals surface area contributed by atoms with Crippen molar-refractivity contribution in [2.45, 2.75) is 20.8 Å². The molecule has 6 nitrogen and oxygen atoms in total. The summed E-state index contributed by atoms with van der Waals surface area (Å²) < 4.78 is 0. The van der Waals surface area contributed by atoms with Crippen LogP contribution in [0.25, 0.3) is 0 Å². The molecule has 0 bridgehead atoms. The van der Waals surface area contributed by atoms with Gasteiger partial charge >= 0.3 is 12.0 Å². The van der Waals surface area contributed by atoms with E-state index in [1.807, 2.05) is 13.8 Å². The maximum atomic E-state index is 12.6. The lowest BCUT2D eigenvalue weighted by Gasteiger charge is -2.30. The molecule has 0 spiro atoms. The van der Waals surface area contributed by atoms with Crippen molar-refractivity contribution in [2.24, 2.45) is 5.92 Å². The number of carbonyl (C=O) groups is 2. The zero-order chi connectivity index (χ0) is 16.0. The fourth-order valence-corrected chi connectivity index (χ4v) is 2.01. The lowest BCUT2D eigenvalue weighted by Crippen LogP contribution is -2.45. The molecule has 0 heterocycles. The van der Waals surface area contributed by atoms with Crippen LogP contribution in [0.3, 0.4) is 0 Å². The number of anilines is 1. The lowest BCUT2D eigenvalue weighted by atomic mass is 10.2. The summed E-state index contributed by atoms with van der Waals surface area (Å²) in [6.45, 7) is 6.22. The van der Waals surface area contributed by atoms with Crippen molar-refractivity contribution in [3.05, 3.63) is 24.3 Å². The largest absolute Gasteiger partial charge is 0.508 e. The number of carbonyl (C=O) groups excluding carboxylic acids is 1. The Bertz CT molecular complexity index is 504. The van der Waals surface area contributed by atoms with Crippen LogP contribution in [0, 0.1) is 5.92 Å². The second kappa shape index (κ2) is 7.52. The molecule has 2 N–H and O–H groups in total. The standard InChI is InChI=1S/C15H22N2O4/c1-4-16(10-11(3)14(19)20)15(21)17(5-2)12-7-6-8-13(18)9-12/h6-9,11,18H,4-5,10H2,1-3H3,(H,19,20). The number of amides is 2. The number of phenolic OH excluding ortho intramolecular Hbond substituents is 1. The third kappa shape index (κ3) is 4.37. The fraction of sp³-hybridized carbons (Fsp3) is 0.467. The third-order valence-electron chi connectivity index (χ3n) is 3.26. The van der Waals surface area contributed by atoms with Gasteiger partial charge in [0.15, 0.2) is 0 Å². The van der Waals surface area contributed by atoms with Crippen molar-refractivity contribution in [1.29, 1.82) is 0 Å². The highest BCUT2D eigenvalue weighted by Crippen LogP contribution is 2.21.